The smallest absolute Gasteiger partial charge is 0.137 e. The van der Waals surface area contributed by atoms with Crippen LogP contribution < -0.4 is 5.30 Å². The summed E-state index contributed by atoms with van der Waals surface area (Å²) in [4.78, 5) is 0. The SMILES string of the molecule is O=P1(c2ccccc2)C(c2ccccc2)CC(c2ccccc2)CC1(c1ccccc1)c1ccccc1. The molecule has 0 aliphatic carbocycles. The quantitative estimate of drug-likeness (QED) is 0.221. The van der Waals surface area contributed by atoms with E-state index in [1.165, 1.54) is 5.56 Å². The van der Waals surface area contributed by atoms with Gasteiger partial charge in [-0.2, -0.15) is 0 Å². The summed E-state index contributed by atoms with van der Waals surface area (Å²) < 4.78 is 16.4. The first-order valence-corrected chi connectivity index (χ1v) is 14.9. The third kappa shape index (κ3) is 3.99. The van der Waals surface area contributed by atoms with Crippen molar-refractivity contribution in [3.05, 3.63) is 174 Å². The maximum absolute atomic E-state index is 16.4. The highest BCUT2D eigenvalue weighted by Gasteiger charge is 2.59. The lowest BCUT2D eigenvalue weighted by Gasteiger charge is -2.52. The molecule has 1 nitrogen and oxygen atoms in total. The van der Waals surface area contributed by atoms with Crippen LogP contribution in [0.25, 0.3) is 0 Å². The van der Waals surface area contributed by atoms with Gasteiger partial charge in [0, 0.05) is 11.0 Å². The Bertz CT molecular complexity index is 1440. The molecule has 0 N–H and O–H groups in total. The molecular weight excluding hydrogens is 467 g/mol. The Kier molecular flexibility index (Phi) is 6.41. The molecule has 3 unspecified atom stereocenters. The van der Waals surface area contributed by atoms with Crippen LogP contribution in [0.4, 0.5) is 0 Å². The lowest BCUT2D eigenvalue weighted by Crippen LogP contribution is -2.40. The van der Waals surface area contributed by atoms with Gasteiger partial charge in [0.25, 0.3) is 0 Å². The van der Waals surface area contributed by atoms with E-state index < -0.39 is 12.3 Å². The molecule has 3 atom stereocenters. The highest BCUT2D eigenvalue weighted by atomic mass is 31.2. The first-order chi connectivity index (χ1) is 18.2. The summed E-state index contributed by atoms with van der Waals surface area (Å²) in [7, 11) is -3.14. The Hall–Kier alpha value is -3.67. The van der Waals surface area contributed by atoms with Gasteiger partial charge in [0.1, 0.15) is 7.14 Å². The Balaban J connectivity index is 1.72. The van der Waals surface area contributed by atoms with Crippen LogP contribution in [0.2, 0.25) is 0 Å². The second-order valence-electron chi connectivity index (χ2n) is 10.1. The molecule has 0 amide bonds. The minimum absolute atomic E-state index is 0.115. The van der Waals surface area contributed by atoms with Gasteiger partial charge < -0.3 is 4.57 Å². The van der Waals surface area contributed by atoms with E-state index >= 15 is 4.57 Å². The molecule has 1 fully saturated rings. The summed E-state index contributed by atoms with van der Waals surface area (Å²) in [5.41, 5.74) is 4.63. The van der Waals surface area contributed by atoms with Crippen LogP contribution in [0.1, 0.15) is 46.7 Å². The topological polar surface area (TPSA) is 17.1 Å². The van der Waals surface area contributed by atoms with E-state index in [1.54, 1.807) is 0 Å². The molecule has 2 heteroatoms. The van der Waals surface area contributed by atoms with Crippen molar-refractivity contribution in [1.82, 2.24) is 0 Å². The van der Waals surface area contributed by atoms with Gasteiger partial charge in [0.05, 0.1) is 5.16 Å². The van der Waals surface area contributed by atoms with E-state index in [4.69, 9.17) is 0 Å². The Morgan fingerprint density at radius 3 is 1.41 bits per heavy atom. The number of hydrogen-bond donors (Lipinski definition) is 0. The molecule has 5 aromatic carbocycles. The van der Waals surface area contributed by atoms with Crippen molar-refractivity contribution >= 4 is 12.4 Å². The fourth-order valence-electron chi connectivity index (χ4n) is 6.52. The molecule has 1 saturated heterocycles. The molecule has 6 rings (SSSR count). The fourth-order valence-corrected chi connectivity index (χ4v) is 11.2. The Labute approximate surface area is 220 Å². The molecule has 37 heavy (non-hydrogen) atoms. The number of rotatable bonds is 5. The van der Waals surface area contributed by atoms with Crippen LogP contribution in [-0.2, 0) is 9.72 Å². The minimum Gasteiger partial charge on any atom is -0.317 e. The highest BCUT2D eigenvalue weighted by molar-refractivity contribution is 7.73. The highest BCUT2D eigenvalue weighted by Crippen LogP contribution is 2.79. The van der Waals surface area contributed by atoms with Gasteiger partial charge in [0.2, 0.25) is 0 Å². The third-order valence-corrected chi connectivity index (χ3v) is 12.4. The van der Waals surface area contributed by atoms with E-state index in [-0.39, 0.29) is 11.6 Å². The summed E-state index contributed by atoms with van der Waals surface area (Å²) in [6.45, 7) is 0. The van der Waals surface area contributed by atoms with Gasteiger partial charge in [-0.15, -0.1) is 0 Å². The normalized spacial score (nSPS) is 22.8. The van der Waals surface area contributed by atoms with Gasteiger partial charge in [-0.3, -0.25) is 0 Å². The van der Waals surface area contributed by atoms with Gasteiger partial charge in [0.15, 0.2) is 0 Å². The average molecular weight is 499 g/mol. The average Bonchev–Trinajstić information content (AvgIpc) is 2.99. The number of hydrogen-bond acceptors (Lipinski definition) is 1. The van der Waals surface area contributed by atoms with Crippen LogP contribution in [0.15, 0.2) is 152 Å². The Morgan fingerprint density at radius 1 is 0.514 bits per heavy atom. The molecule has 0 aromatic heterocycles. The predicted octanol–water partition coefficient (Wildman–Crippen LogP) is 8.94. The van der Waals surface area contributed by atoms with Gasteiger partial charge >= 0.3 is 0 Å². The van der Waals surface area contributed by atoms with E-state index in [0.29, 0.717) is 0 Å². The summed E-state index contributed by atoms with van der Waals surface area (Å²) in [5.74, 6) is 0.262. The molecule has 0 saturated carbocycles. The van der Waals surface area contributed by atoms with E-state index in [1.807, 2.05) is 18.2 Å². The largest absolute Gasteiger partial charge is 0.317 e. The monoisotopic (exact) mass is 498 g/mol. The third-order valence-electron chi connectivity index (χ3n) is 8.15. The standard InChI is InChI=1S/C35H31OP/c36-37(33-24-14-5-15-25-33)34(29-18-8-2-9-19-29)26-30(28-16-6-1-7-17-28)27-35(37,31-20-10-3-11-21-31)32-22-12-4-13-23-32/h1-25,30,34H,26-27H2. The van der Waals surface area contributed by atoms with Gasteiger partial charge in [-0.1, -0.05) is 152 Å². The molecule has 1 aliphatic rings. The lowest BCUT2D eigenvalue weighted by molar-refractivity contribution is 0.429. The Morgan fingerprint density at radius 2 is 0.919 bits per heavy atom. The summed E-state index contributed by atoms with van der Waals surface area (Å²) in [6.07, 6.45) is 1.64. The first-order valence-electron chi connectivity index (χ1n) is 13.1. The zero-order valence-electron chi connectivity index (χ0n) is 20.9. The zero-order chi connectivity index (χ0) is 25.1. The second-order valence-corrected chi connectivity index (χ2v) is 13.3. The van der Waals surface area contributed by atoms with E-state index in [2.05, 4.69) is 133 Å². The van der Waals surface area contributed by atoms with Crippen molar-refractivity contribution < 1.29 is 4.57 Å². The van der Waals surface area contributed by atoms with Crippen molar-refractivity contribution in [2.75, 3.05) is 0 Å². The van der Waals surface area contributed by atoms with Crippen molar-refractivity contribution in [3.8, 4) is 0 Å². The minimum atomic E-state index is -3.14. The first kappa shape index (κ1) is 23.7. The van der Waals surface area contributed by atoms with Gasteiger partial charge in [-0.25, -0.2) is 0 Å². The van der Waals surface area contributed by atoms with Crippen LogP contribution in [0.3, 0.4) is 0 Å². The predicted molar refractivity (Wildman–Crippen MR) is 155 cm³/mol. The molecule has 0 radical (unpaired) electrons. The van der Waals surface area contributed by atoms with Crippen LogP contribution in [-0.4, -0.2) is 0 Å². The van der Waals surface area contributed by atoms with Gasteiger partial charge in [-0.05, 0) is 41.0 Å². The van der Waals surface area contributed by atoms with Crippen LogP contribution in [0.5, 0.6) is 0 Å². The molecule has 1 aliphatic heterocycles. The molecular formula is C35H31OP. The van der Waals surface area contributed by atoms with Crippen molar-refractivity contribution in [2.24, 2.45) is 0 Å². The molecule has 0 spiro atoms. The maximum Gasteiger partial charge on any atom is 0.137 e. The molecule has 0 bridgehead atoms. The maximum atomic E-state index is 16.4. The second kappa shape index (κ2) is 10.0. The molecule has 1 heterocycles. The van der Waals surface area contributed by atoms with Crippen LogP contribution >= 0.6 is 7.14 Å². The lowest BCUT2D eigenvalue weighted by atomic mass is 9.77. The summed E-state index contributed by atoms with van der Waals surface area (Å²) in [5, 5.41) is 0.291. The van der Waals surface area contributed by atoms with Crippen molar-refractivity contribution in [3.63, 3.8) is 0 Å². The summed E-state index contributed by atoms with van der Waals surface area (Å²) in [6, 6.07) is 53.0. The fraction of sp³-hybridized carbons (Fsp3) is 0.143. The zero-order valence-corrected chi connectivity index (χ0v) is 21.8. The van der Waals surface area contributed by atoms with E-state index in [9.17, 15) is 0 Å². The van der Waals surface area contributed by atoms with Crippen molar-refractivity contribution in [1.29, 1.82) is 0 Å². The number of benzene rings is 5. The summed E-state index contributed by atoms with van der Waals surface area (Å²) >= 11 is 0. The molecule has 182 valence electrons. The van der Waals surface area contributed by atoms with Crippen molar-refractivity contribution in [2.45, 2.75) is 29.6 Å². The van der Waals surface area contributed by atoms with Crippen LogP contribution in [0, 0.1) is 0 Å². The molecule has 5 aromatic rings. The van der Waals surface area contributed by atoms with E-state index in [0.717, 1.165) is 34.8 Å².